The summed E-state index contributed by atoms with van der Waals surface area (Å²) in [5.41, 5.74) is -1.36. The molecular formula is C26H19F4N5O3. The molecule has 0 amide bonds. The summed E-state index contributed by atoms with van der Waals surface area (Å²) in [5, 5.41) is 9.17. The Kier molecular flexibility index (Phi) is 7.12. The molecule has 0 aliphatic heterocycles. The van der Waals surface area contributed by atoms with Gasteiger partial charge in [0.2, 0.25) is 5.75 Å². The fraction of sp³-hybridized carbons (Fsp3) is 0.192. The Hall–Kier alpha value is -4.79. The van der Waals surface area contributed by atoms with Crippen LogP contribution in [0.2, 0.25) is 0 Å². The van der Waals surface area contributed by atoms with E-state index >= 15 is 0 Å². The van der Waals surface area contributed by atoms with Crippen LogP contribution in [-0.2, 0) is 19.1 Å². The summed E-state index contributed by atoms with van der Waals surface area (Å²) < 4.78 is 60.8. The van der Waals surface area contributed by atoms with Crippen LogP contribution in [0.15, 0.2) is 58.5 Å². The molecule has 0 unspecified atom stereocenters. The van der Waals surface area contributed by atoms with Crippen molar-refractivity contribution >= 4 is 0 Å². The highest BCUT2D eigenvalue weighted by Crippen LogP contribution is 2.35. The van der Waals surface area contributed by atoms with Crippen molar-refractivity contribution in [2.24, 2.45) is 0 Å². The van der Waals surface area contributed by atoms with Crippen LogP contribution < -0.4 is 15.9 Å². The van der Waals surface area contributed by atoms with Crippen molar-refractivity contribution in [3.63, 3.8) is 0 Å². The van der Waals surface area contributed by atoms with E-state index in [0.29, 0.717) is 23.2 Å². The molecule has 0 bridgehead atoms. The highest BCUT2D eigenvalue weighted by atomic mass is 19.4. The normalized spacial score (nSPS) is 11.3. The van der Waals surface area contributed by atoms with Crippen molar-refractivity contribution in [2.45, 2.75) is 33.0 Å². The third-order valence-electron chi connectivity index (χ3n) is 5.58. The van der Waals surface area contributed by atoms with Crippen molar-refractivity contribution in [3.05, 3.63) is 104 Å². The second-order valence-electron chi connectivity index (χ2n) is 8.33. The first-order valence-electron chi connectivity index (χ1n) is 11.2. The Labute approximate surface area is 212 Å². The number of alkyl halides is 3. The quantitative estimate of drug-likeness (QED) is 0.364. The monoisotopic (exact) mass is 525 g/mol. The number of rotatable bonds is 6. The maximum absolute atomic E-state index is 13.7. The molecule has 0 saturated carbocycles. The van der Waals surface area contributed by atoms with Crippen LogP contribution in [0.1, 0.15) is 35.0 Å². The van der Waals surface area contributed by atoms with Crippen LogP contribution in [-0.4, -0.2) is 19.5 Å². The van der Waals surface area contributed by atoms with E-state index in [1.54, 1.807) is 13.8 Å². The molecule has 1 N–H and O–H groups in total. The van der Waals surface area contributed by atoms with Gasteiger partial charge >= 0.3 is 6.18 Å². The fourth-order valence-electron chi connectivity index (χ4n) is 3.84. The number of hydrogen-bond acceptors (Lipinski definition) is 6. The van der Waals surface area contributed by atoms with E-state index < -0.39 is 34.6 Å². The summed E-state index contributed by atoms with van der Waals surface area (Å²) in [5.74, 6) is -1.79. The standard InChI is InChI=1S/C26H19F4N5O3/c1-3-20-16(9-19(24(36)34-20)21-5-4-17(27)11-32-21)12-35-13-33-23(26(28,29)30)22(25(35)37)38-18-7-14(2)6-15(8-18)10-31/h4-9,11,13H,3,12H2,1-2H3,(H,34,36). The number of H-pyrrole nitrogens is 1. The summed E-state index contributed by atoms with van der Waals surface area (Å²) in [6, 6.07) is 9.87. The minimum Gasteiger partial charge on any atom is -0.449 e. The Morgan fingerprint density at radius 1 is 1.13 bits per heavy atom. The minimum absolute atomic E-state index is 0.0883. The van der Waals surface area contributed by atoms with Gasteiger partial charge in [0.15, 0.2) is 5.69 Å². The zero-order valence-corrected chi connectivity index (χ0v) is 20.1. The molecule has 0 spiro atoms. The van der Waals surface area contributed by atoms with E-state index in [2.05, 4.69) is 15.0 Å². The third-order valence-corrected chi connectivity index (χ3v) is 5.58. The van der Waals surface area contributed by atoms with Crippen molar-refractivity contribution in [2.75, 3.05) is 0 Å². The molecule has 3 heterocycles. The molecule has 194 valence electrons. The van der Waals surface area contributed by atoms with Crippen LogP contribution in [0.25, 0.3) is 11.3 Å². The smallest absolute Gasteiger partial charge is 0.437 e. The predicted octanol–water partition coefficient (Wildman–Crippen LogP) is 4.73. The zero-order chi connectivity index (χ0) is 27.6. The number of halogens is 4. The molecule has 0 saturated heterocycles. The van der Waals surface area contributed by atoms with Gasteiger partial charge in [0.05, 0.1) is 42.0 Å². The molecule has 0 radical (unpaired) electrons. The molecule has 0 atom stereocenters. The number of nitriles is 1. The molecule has 3 aromatic heterocycles. The maximum atomic E-state index is 13.7. The van der Waals surface area contributed by atoms with Crippen LogP contribution in [0.3, 0.4) is 0 Å². The van der Waals surface area contributed by atoms with Gasteiger partial charge in [-0.15, -0.1) is 0 Å². The Morgan fingerprint density at radius 3 is 2.53 bits per heavy atom. The maximum Gasteiger partial charge on any atom is 0.437 e. The van der Waals surface area contributed by atoms with Gasteiger partial charge in [-0.2, -0.15) is 18.4 Å². The molecule has 1 aromatic carbocycles. The number of aryl methyl sites for hydroxylation is 2. The van der Waals surface area contributed by atoms with Gasteiger partial charge in [-0.05, 0) is 60.9 Å². The lowest BCUT2D eigenvalue weighted by atomic mass is 10.1. The van der Waals surface area contributed by atoms with Gasteiger partial charge in [0, 0.05) is 5.69 Å². The van der Waals surface area contributed by atoms with E-state index in [4.69, 9.17) is 4.74 Å². The second kappa shape index (κ2) is 10.3. The van der Waals surface area contributed by atoms with Gasteiger partial charge < -0.3 is 9.72 Å². The van der Waals surface area contributed by atoms with Gasteiger partial charge in [-0.1, -0.05) is 6.92 Å². The first-order chi connectivity index (χ1) is 18.0. The first-order valence-corrected chi connectivity index (χ1v) is 11.2. The molecule has 4 rings (SSSR count). The van der Waals surface area contributed by atoms with Crippen molar-refractivity contribution in [3.8, 4) is 28.8 Å². The highest BCUT2D eigenvalue weighted by Gasteiger charge is 2.38. The number of hydrogen-bond donors (Lipinski definition) is 1. The average molecular weight is 525 g/mol. The summed E-state index contributed by atoms with van der Waals surface area (Å²) in [7, 11) is 0. The lowest BCUT2D eigenvalue weighted by Gasteiger charge is -2.16. The molecule has 8 nitrogen and oxygen atoms in total. The topological polar surface area (TPSA) is 114 Å². The fourth-order valence-corrected chi connectivity index (χ4v) is 3.84. The van der Waals surface area contributed by atoms with E-state index in [-0.39, 0.29) is 29.1 Å². The number of nitrogens with zero attached hydrogens (tertiary/aromatic N) is 4. The van der Waals surface area contributed by atoms with E-state index in [0.717, 1.165) is 23.2 Å². The van der Waals surface area contributed by atoms with E-state index in [9.17, 15) is 32.4 Å². The lowest BCUT2D eigenvalue weighted by molar-refractivity contribution is -0.142. The molecule has 12 heteroatoms. The second-order valence-corrected chi connectivity index (χ2v) is 8.33. The predicted molar refractivity (Wildman–Crippen MR) is 128 cm³/mol. The van der Waals surface area contributed by atoms with Crippen LogP contribution in [0, 0.1) is 24.1 Å². The van der Waals surface area contributed by atoms with Gasteiger partial charge in [0.1, 0.15) is 11.6 Å². The van der Waals surface area contributed by atoms with Gasteiger partial charge in [0.25, 0.3) is 11.1 Å². The minimum atomic E-state index is -5.00. The Bertz CT molecular complexity index is 1670. The SMILES string of the molecule is CCc1[nH]c(=O)c(-c2ccc(F)cn2)cc1Cn1cnc(C(F)(F)F)c(Oc2cc(C)cc(C#N)c2)c1=O. The number of benzene rings is 1. The number of aromatic nitrogens is 4. The largest absolute Gasteiger partial charge is 0.449 e. The number of nitrogens with one attached hydrogen (secondary N) is 1. The summed E-state index contributed by atoms with van der Waals surface area (Å²) in [6.45, 7) is 3.11. The lowest BCUT2D eigenvalue weighted by Crippen LogP contribution is -2.27. The van der Waals surface area contributed by atoms with Crippen LogP contribution in [0.5, 0.6) is 11.5 Å². The van der Waals surface area contributed by atoms with Crippen molar-refractivity contribution < 1.29 is 22.3 Å². The Balaban J connectivity index is 1.82. The molecule has 0 fully saturated rings. The zero-order valence-electron chi connectivity index (χ0n) is 20.1. The van der Waals surface area contributed by atoms with Crippen molar-refractivity contribution in [1.82, 2.24) is 19.5 Å². The van der Waals surface area contributed by atoms with Crippen LogP contribution in [0.4, 0.5) is 17.6 Å². The van der Waals surface area contributed by atoms with Gasteiger partial charge in [-0.3, -0.25) is 19.1 Å². The van der Waals surface area contributed by atoms with Gasteiger partial charge in [-0.25, -0.2) is 9.37 Å². The summed E-state index contributed by atoms with van der Waals surface area (Å²) >= 11 is 0. The molecule has 0 aliphatic carbocycles. The summed E-state index contributed by atoms with van der Waals surface area (Å²) in [6.07, 6.45) is -2.97. The molecule has 0 aliphatic rings. The average Bonchev–Trinajstić information content (AvgIpc) is 2.86. The summed E-state index contributed by atoms with van der Waals surface area (Å²) in [4.78, 5) is 35.9. The highest BCUT2D eigenvalue weighted by molar-refractivity contribution is 5.59. The molecular weight excluding hydrogens is 506 g/mol. The first kappa shape index (κ1) is 26.3. The van der Waals surface area contributed by atoms with E-state index in [1.165, 1.54) is 30.3 Å². The number of pyridine rings is 2. The van der Waals surface area contributed by atoms with Crippen LogP contribution >= 0.6 is 0 Å². The van der Waals surface area contributed by atoms with Crippen molar-refractivity contribution in [1.29, 1.82) is 5.26 Å². The number of ether oxygens (including phenoxy) is 1. The molecule has 4 aromatic rings. The number of aromatic amines is 1. The third kappa shape index (κ3) is 5.46. The Morgan fingerprint density at radius 2 is 1.89 bits per heavy atom. The van der Waals surface area contributed by atoms with E-state index in [1.807, 2.05) is 6.07 Å². The molecule has 38 heavy (non-hydrogen) atoms.